The van der Waals surface area contributed by atoms with E-state index in [0.717, 1.165) is 31.6 Å². The minimum absolute atomic E-state index is 0.0975. The second-order valence-electron chi connectivity index (χ2n) is 5.49. The van der Waals surface area contributed by atoms with Crippen molar-refractivity contribution in [3.63, 3.8) is 0 Å². The van der Waals surface area contributed by atoms with Gasteiger partial charge in [-0.1, -0.05) is 0 Å². The zero-order valence-corrected chi connectivity index (χ0v) is 11.5. The molecule has 19 heavy (non-hydrogen) atoms. The van der Waals surface area contributed by atoms with Crippen LogP contribution < -0.4 is 4.90 Å². The molecule has 3 rings (SSSR count). The number of hydrogen-bond acceptors (Lipinski definition) is 3. The number of halogens is 1. The number of rotatable bonds is 1. The Morgan fingerprint density at radius 2 is 1.58 bits per heavy atom. The number of aryl methyl sites for hydroxylation is 2. The van der Waals surface area contributed by atoms with Crippen molar-refractivity contribution in [3.8, 4) is 0 Å². The monoisotopic (exact) mass is 265 g/mol. The average Bonchev–Trinajstić information content (AvgIpc) is 2.85. The summed E-state index contributed by atoms with van der Waals surface area (Å²) in [6.45, 7) is 6.83. The largest absolute Gasteiger partial charge is 0.371 e. The van der Waals surface area contributed by atoms with E-state index in [1.807, 2.05) is 26.0 Å². The molecule has 2 aliphatic heterocycles. The summed E-state index contributed by atoms with van der Waals surface area (Å²) in [5, 5.41) is 0. The fourth-order valence-electron chi connectivity index (χ4n) is 3.00. The highest BCUT2D eigenvalue weighted by atomic mass is 19.1. The van der Waals surface area contributed by atoms with Crippen LogP contribution >= 0.6 is 0 Å². The summed E-state index contributed by atoms with van der Waals surface area (Å²) in [6.07, 6.45) is 1.75. The molecule has 0 bridgehead atoms. The van der Waals surface area contributed by atoms with E-state index in [0.29, 0.717) is 24.3 Å². The summed E-state index contributed by atoms with van der Waals surface area (Å²) in [7, 11) is 0. The second-order valence-corrected chi connectivity index (χ2v) is 5.49. The van der Waals surface area contributed by atoms with Gasteiger partial charge in [0.05, 0.1) is 13.2 Å². The predicted molar refractivity (Wildman–Crippen MR) is 72.0 cm³/mol. The molecule has 0 N–H and O–H groups in total. The molecule has 1 aromatic rings. The number of nitrogens with zero attached hydrogens (tertiary/aromatic N) is 1. The normalized spacial score (nSPS) is 22.2. The Balaban J connectivity index is 1.74. The Hall–Kier alpha value is -1.13. The summed E-state index contributed by atoms with van der Waals surface area (Å²) < 4.78 is 25.1. The number of anilines is 1. The molecule has 2 aliphatic rings. The van der Waals surface area contributed by atoms with Gasteiger partial charge < -0.3 is 14.4 Å². The van der Waals surface area contributed by atoms with Crippen LogP contribution in [0.1, 0.15) is 24.0 Å². The van der Waals surface area contributed by atoms with E-state index in [9.17, 15) is 4.39 Å². The van der Waals surface area contributed by atoms with Crippen LogP contribution in [0.4, 0.5) is 10.1 Å². The fraction of sp³-hybridized carbons (Fsp3) is 0.600. The molecule has 4 heteroatoms. The lowest BCUT2D eigenvalue weighted by Crippen LogP contribution is -2.45. The molecule has 3 nitrogen and oxygen atoms in total. The first-order valence-electron chi connectivity index (χ1n) is 6.89. The van der Waals surface area contributed by atoms with E-state index in [2.05, 4.69) is 4.90 Å². The van der Waals surface area contributed by atoms with Crippen molar-refractivity contribution < 1.29 is 13.9 Å². The van der Waals surface area contributed by atoms with Gasteiger partial charge in [-0.2, -0.15) is 0 Å². The van der Waals surface area contributed by atoms with Crippen molar-refractivity contribution in [3.05, 3.63) is 29.1 Å². The third-order valence-electron chi connectivity index (χ3n) is 4.13. The molecule has 1 aromatic carbocycles. The standard InChI is InChI=1S/C15H20FNO2/c1-11-9-13(10-12(2)14(11)16)17-5-3-15(4-6-17)18-7-8-19-15/h9-10H,3-8H2,1-2H3. The molecule has 2 heterocycles. The number of hydrogen-bond donors (Lipinski definition) is 0. The van der Waals surface area contributed by atoms with Crippen LogP contribution in [0.15, 0.2) is 12.1 Å². The maximum atomic E-state index is 13.7. The van der Waals surface area contributed by atoms with E-state index in [1.165, 1.54) is 0 Å². The molecule has 104 valence electrons. The van der Waals surface area contributed by atoms with Crippen molar-refractivity contribution >= 4 is 5.69 Å². The lowest BCUT2D eigenvalue weighted by atomic mass is 10.0. The lowest BCUT2D eigenvalue weighted by molar-refractivity contribution is -0.169. The summed E-state index contributed by atoms with van der Waals surface area (Å²) >= 11 is 0. The molecule has 0 amide bonds. The van der Waals surface area contributed by atoms with Gasteiger partial charge in [0.1, 0.15) is 5.82 Å². The SMILES string of the molecule is Cc1cc(N2CCC3(CC2)OCCO3)cc(C)c1F. The van der Waals surface area contributed by atoms with Crippen molar-refractivity contribution in [2.24, 2.45) is 0 Å². The van der Waals surface area contributed by atoms with E-state index in [4.69, 9.17) is 9.47 Å². The van der Waals surface area contributed by atoms with E-state index < -0.39 is 0 Å². The molecule has 0 radical (unpaired) electrons. The van der Waals surface area contributed by atoms with Gasteiger partial charge in [-0.25, -0.2) is 4.39 Å². The molecule has 2 saturated heterocycles. The Labute approximate surface area is 113 Å². The topological polar surface area (TPSA) is 21.7 Å². The number of piperidine rings is 1. The van der Waals surface area contributed by atoms with E-state index in [-0.39, 0.29) is 11.6 Å². The molecule has 0 atom stereocenters. The van der Waals surface area contributed by atoms with Crippen molar-refractivity contribution in [1.29, 1.82) is 0 Å². The molecule has 0 saturated carbocycles. The van der Waals surface area contributed by atoms with E-state index >= 15 is 0 Å². The first-order chi connectivity index (χ1) is 9.10. The zero-order valence-electron chi connectivity index (χ0n) is 11.5. The first kappa shape index (κ1) is 12.9. The van der Waals surface area contributed by atoms with Gasteiger partial charge in [0.2, 0.25) is 0 Å². The van der Waals surface area contributed by atoms with Crippen molar-refractivity contribution in [1.82, 2.24) is 0 Å². The van der Waals surface area contributed by atoms with Crippen LogP contribution in [0.5, 0.6) is 0 Å². The minimum Gasteiger partial charge on any atom is -0.371 e. The second kappa shape index (κ2) is 4.76. The van der Waals surface area contributed by atoms with Gasteiger partial charge in [0.15, 0.2) is 5.79 Å². The van der Waals surface area contributed by atoms with Crippen molar-refractivity contribution in [2.75, 3.05) is 31.2 Å². The van der Waals surface area contributed by atoms with Crippen LogP contribution in [-0.4, -0.2) is 32.1 Å². The van der Waals surface area contributed by atoms with Crippen molar-refractivity contribution in [2.45, 2.75) is 32.5 Å². The van der Waals surface area contributed by atoms with Gasteiger partial charge in [-0.05, 0) is 37.1 Å². The van der Waals surface area contributed by atoms with Crippen LogP contribution in [0.2, 0.25) is 0 Å². The lowest BCUT2D eigenvalue weighted by Gasteiger charge is -2.39. The third-order valence-corrected chi connectivity index (χ3v) is 4.13. The smallest absolute Gasteiger partial charge is 0.171 e. The van der Waals surface area contributed by atoms with Gasteiger partial charge in [-0.3, -0.25) is 0 Å². The molecule has 0 aromatic heterocycles. The van der Waals surface area contributed by atoms with Gasteiger partial charge in [0.25, 0.3) is 0 Å². The highest BCUT2D eigenvalue weighted by molar-refractivity contribution is 5.51. The Kier molecular flexibility index (Phi) is 3.23. The Morgan fingerprint density at radius 1 is 1.05 bits per heavy atom. The fourth-order valence-corrected chi connectivity index (χ4v) is 3.00. The summed E-state index contributed by atoms with van der Waals surface area (Å²) in [4.78, 5) is 2.29. The first-order valence-corrected chi connectivity index (χ1v) is 6.89. The van der Waals surface area contributed by atoms with Gasteiger partial charge in [0, 0.05) is 31.6 Å². The minimum atomic E-state index is -0.347. The molecule has 1 spiro atoms. The average molecular weight is 265 g/mol. The third kappa shape index (κ3) is 2.35. The highest BCUT2D eigenvalue weighted by Gasteiger charge is 2.39. The van der Waals surface area contributed by atoms with Crippen LogP contribution in [-0.2, 0) is 9.47 Å². The molecule has 0 unspecified atom stereocenters. The van der Waals surface area contributed by atoms with E-state index in [1.54, 1.807) is 0 Å². The predicted octanol–water partition coefficient (Wildman–Crippen LogP) is 2.79. The summed E-state index contributed by atoms with van der Waals surface area (Å²) in [5.74, 6) is -0.444. The Morgan fingerprint density at radius 3 is 2.11 bits per heavy atom. The summed E-state index contributed by atoms with van der Waals surface area (Å²) in [6, 6.07) is 3.85. The van der Waals surface area contributed by atoms with Crippen LogP contribution in [0, 0.1) is 19.7 Å². The zero-order chi connectivity index (χ0) is 13.5. The number of ether oxygens (including phenoxy) is 2. The highest BCUT2D eigenvalue weighted by Crippen LogP contribution is 2.33. The van der Waals surface area contributed by atoms with Crippen LogP contribution in [0.25, 0.3) is 0 Å². The van der Waals surface area contributed by atoms with Gasteiger partial charge >= 0.3 is 0 Å². The molecule has 2 fully saturated rings. The summed E-state index contributed by atoms with van der Waals surface area (Å²) in [5.41, 5.74) is 2.52. The Bertz CT molecular complexity index is 450. The van der Waals surface area contributed by atoms with Crippen LogP contribution in [0.3, 0.4) is 0 Å². The molecule has 0 aliphatic carbocycles. The number of benzene rings is 1. The maximum absolute atomic E-state index is 13.7. The molecular formula is C15H20FNO2. The maximum Gasteiger partial charge on any atom is 0.171 e. The quantitative estimate of drug-likeness (QED) is 0.779. The molecular weight excluding hydrogens is 245 g/mol. The van der Waals surface area contributed by atoms with Gasteiger partial charge in [-0.15, -0.1) is 0 Å².